The highest BCUT2D eigenvalue weighted by atomic mass is 19.1. The van der Waals surface area contributed by atoms with Crippen molar-refractivity contribution >= 4 is 34.3 Å². The molecule has 0 spiro atoms. The molecule has 0 saturated carbocycles. The minimum atomic E-state index is -1.75. The van der Waals surface area contributed by atoms with E-state index in [9.17, 15) is 18.7 Å². The van der Waals surface area contributed by atoms with Gasteiger partial charge in [0.15, 0.2) is 5.67 Å². The second-order valence-electron chi connectivity index (χ2n) is 9.73. The monoisotopic (exact) mass is 499 g/mol. The molecule has 0 aliphatic carbocycles. The van der Waals surface area contributed by atoms with Crippen LogP contribution < -0.4 is 15.5 Å². The third-order valence-electron chi connectivity index (χ3n) is 6.30. The molecule has 3 N–H and O–H groups in total. The van der Waals surface area contributed by atoms with Gasteiger partial charge in [0, 0.05) is 30.5 Å². The minimum absolute atomic E-state index is 0.0115. The summed E-state index contributed by atoms with van der Waals surface area (Å²) in [4.78, 5) is 32.0. The van der Waals surface area contributed by atoms with E-state index in [1.165, 1.54) is 6.92 Å². The second-order valence-corrected chi connectivity index (χ2v) is 9.73. The number of aromatic nitrogens is 4. The van der Waals surface area contributed by atoms with Crippen LogP contribution in [-0.4, -0.2) is 68.5 Å². The number of aliphatic hydroxyl groups is 1. The quantitative estimate of drug-likeness (QED) is 0.451. The molecule has 0 unspecified atom stereocenters. The Bertz CT molecular complexity index is 1250. The van der Waals surface area contributed by atoms with Gasteiger partial charge in [-0.25, -0.2) is 18.7 Å². The summed E-state index contributed by atoms with van der Waals surface area (Å²) in [6.45, 7) is 6.76. The molecule has 4 rings (SSSR count). The van der Waals surface area contributed by atoms with Gasteiger partial charge < -0.3 is 20.6 Å². The Morgan fingerprint density at radius 1 is 1.22 bits per heavy atom. The van der Waals surface area contributed by atoms with E-state index in [-0.39, 0.29) is 24.6 Å². The Labute approximate surface area is 208 Å². The Hall–Kier alpha value is -3.47. The zero-order chi connectivity index (χ0) is 26.0. The molecule has 11 heteroatoms. The zero-order valence-corrected chi connectivity index (χ0v) is 20.8. The van der Waals surface area contributed by atoms with E-state index >= 15 is 0 Å². The molecule has 3 aromatic rings. The lowest BCUT2D eigenvalue weighted by atomic mass is 9.94. The molecule has 1 aliphatic heterocycles. The van der Waals surface area contributed by atoms with E-state index in [4.69, 9.17) is 0 Å². The summed E-state index contributed by atoms with van der Waals surface area (Å²) in [6.07, 6.45) is 4.06. The fourth-order valence-corrected chi connectivity index (χ4v) is 4.21. The largest absolute Gasteiger partial charge is 0.390 e. The summed E-state index contributed by atoms with van der Waals surface area (Å²) < 4.78 is 27.6. The first-order chi connectivity index (χ1) is 17.1. The maximum atomic E-state index is 14.7. The number of nitrogens with one attached hydrogen (secondary N) is 2. The molecule has 1 aliphatic rings. The number of nitrogens with zero attached hydrogens (tertiary/aromatic N) is 5. The number of amides is 1. The van der Waals surface area contributed by atoms with Crippen molar-refractivity contribution in [3.8, 4) is 0 Å². The lowest BCUT2D eigenvalue weighted by Gasteiger charge is -2.38. The first kappa shape index (κ1) is 25.6. The molecule has 3 aromatic heterocycles. The number of carbonyl (C=O) groups excluding carboxylic acids is 1. The number of fused-ring (bicyclic) bond motifs is 1. The number of piperidine rings is 1. The van der Waals surface area contributed by atoms with Crippen molar-refractivity contribution in [2.75, 3.05) is 30.0 Å². The Morgan fingerprint density at radius 2 is 2.00 bits per heavy atom. The minimum Gasteiger partial charge on any atom is -0.390 e. The molecular formula is C25H31F2N7O2. The number of alkyl halides is 2. The average molecular weight is 500 g/mol. The van der Waals surface area contributed by atoms with Crippen molar-refractivity contribution in [1.82, 2.24) is 25.3 Å². The van der Waals surface area contributed by atoms with Gasteiger partial charge in [0.2, 0.25) is 5.95 Å². The van der Waals surface area contributed by atoms with E-state index in [0.717, 1.165) is 10.9 Å². The van der Waals surface area contributed by atoms with Gasteiger partial charge in [-0.05, 0) is 49.3 Å². The van der Waals surface area contributed by atoms with Crippen molar-refractivity contribution in [1.29, 1.82) is 0 Å². The first-order valence-corrected chi connectivity index (χ1v) is 12.0. The van der Waals surface area contributed by atoms with Gasteiger partial charge in [-0.2, -0.15) is 4.98 Å². The number of rotatable bonds is 7. The average Bonchev–Trinajstić information content (AvgIpc) is 2.84. The van der Waals surface area contributed by atoms with Crippen molar-refractivity contribution < 1.29 is 18.7 Å². The van der Waals surface area contributed by atoms with Gasteiger partial charge in [-0.15, -0.1) is 0 Å². The lowest BCUT2D eigenvalue weighted by molar-refractivity contribution is -0.00860. The fourth-order valence-electron chi connectivity index (χ4n) is 4.21. The van der Waals surface area contributed by atoms with Crippen LogP contribution in [0.2, 0.25) is 0 Å². The first-order valence-electron chi connectivity index (χ1n) is 12.0. The van der Waals surface area contributed by atoms with Gasteiger partial charge in [-0.3, -0.25) is 9.78 Å². The highest BCUT2D eigenvalue weighted by molar-refractivity contribution is 6.06. The predicted octanol–water partition coefficient (Wildman–Crippen LogP) is 3.67. The van der Waals surface area contributed by atoms with Crippen LogP contribution in [0.3, 0.4) is 0 Å². The van der Waals surface area contributed by atoms with Gasteiger partial charge in [0.25, 0.3) is 5.91 Å². The third kappa shape index (κ3) is 5.35. The summed E-state index contributed by atoms with van der Waals surface area (Å²) in [5.41, 5.74) is -0.638. The molecule has 4 heterocycles. The van der Waals surface area contributed by atoms with Crippen molar-refractivity contribution in [2.24, 2.45) is 0 Å². The normalized spacial score (nSPS) is 21.0. The summed E-state index contributed by atoms with van der Waals surface area (Å²) in [5, 5.41) is 17.0. The maximum Gasteiger partial charge on any atom is 0.270 e. The summed E-state index contributed by atoms with van der Waals surface area (Å²) in [7, 11) is 0. The zero-order valence-electron chi connectivity index (χ0n) is 20.8. The highest BCUT2D eigenvalue weighted by Gasteiger charge is 2.39. The molecule has 3 atom stereocenters. The predicted molar refractivity (Wildman–Crippen MR) is 134 cm³/mol. The summed E-state index contributed by atoms with van der Waals surface area (Å²) >= 11 is 0. The van der Waals surface area contributed by atoms with Crippen molar-refractivity contribution in [3.63, 3.8) is 0 Å². The molecule has 1 saturated heterocycles. The molecule has 0 radical (unpaired) electrons. The van der Waals surface area contributed by atoms with Crippen molar-refractivity contribution in [2.45, 2.75) is 57.8 Å². The van der Waals surface area contributed by atoms with E-state index in [0.29, 0.717) is 29.5 Å². The topological polar surface area (TPSA) is 116 Å². The maximum absolute atomic E-state index is 14.7. The number of hydrogen-bond acceptors (Lipinski definition) is 8. The standard InChI is InChI=1S/C25H31F2N7O2/c1-14(2)17-11-30-22(23(36)31-15(3)10-26)18-12-29-21(9-16(17)18)32-20-5-7-28-24(33-20)34-8-6-19(35)25(4,27)13-34/h5,7,9,11-12,14-15,19,35H,6,8,10,13H2,1-4H3,(H,31,36)(H,28,29,32,33)/t15-,19+,25-/m0/s1. The van der Waals surface area contributed by atoms with E-state index in [1.807, 2.05) is 19.9 Å². The Morgan fingerprint density at radius 3 is 2.69 bits per heavy atom. The van der Waals surface area contributed by atoms with Crippen LogP contribution in [0.15, 0.2) is 30.7 Å². The Balaban J connectivity index is 1.63. The number of pyridine rings is 2. The number of anilines is 3. The molecule has 0 aromatic carbocycles. The van der Waals surface area contributed by atoms with Crippen LogP contribution in [0.4, 0.5) is 26.4 Å². The van der Waals surface area contributed by atoms with E-state index in [1.54, 1.807) is 36.5 Å². The van der Waals surface area contributed by atoms with Crippen LogP contribution in [-0.2, 0) is 0 Å². The van der Waals surface area contributed by atoms with Gasteiger partial charge >= 0.3 is 0 Å². The SMILES string of the molecule is CC(C)c1cnc(C(=O)N[C@@H](C)CF)c2cnc(Nc3ccnc(N4CC[C@@H](O)[C@@](C)(F)C4)n3)cc12. The van der Waals surface area contributed by atoms with Crippen LogP contribution in [0, 0.1) is 0 Å². The highest BCUT2D eigenvalue weighted by Crippen LogP contribution is 2.30. The van der Waals surface area contributed by atoms with Crippen LogP contribution >= 0.6 is 0 Å². The Kier molecular flexibility index (Phi) is 7.30. The summed E-state index contributed by atoms with van der Waals surface area (Å²) in [5.74, 6) is 0.980. The summed E-state index contributed by atoms with van der Waals surface area (Å²) in [6, 6.07) is 2.87. The molecule has 36 heavy (non-hydrogen) atoms. The van der Waals surface area contributed by atoms with Crippen LogP contribution in [0.5, 0.6) is 0 Å². The number of aliphatic hydroxyl groups excluding tert-OH is 1. The molecule has 192 valence electrons. The van der Waals surface area contributed by atoms with Crippen LogP contribution in [0.25, 0.3) is 10.8 Å². The molecule has 1 fully saturated rings. The van der Waals surface area contributed by atoms with Gasteiger partial charge in [0.05, 0.1) is 18.7 Å². The van der Waals surface area contributed by atoms with Crippen LogP contribution in [0.1, 0.15) is 56.1 Å². The number of hydrogen-bond donors (Lipinski definition) is 3. The molecule has 0 bridgehead atoms. The fraction of sp³-hybridized carbons (Fsp3) is 0.480. The lowest BCUT2D eigenvalue weighted by Crippen LogP contribution is -2.52. The second kappa shape index (κ2) is 10.3. The van der Waals surface area contributed by atoms with Gasteiger partial charge in [0.1, 0.15) is 24.0 Å². The van der Waals surface area contributed by atoms with Gasteiger partial charge in [-0.1, -0.05) is 13.8 Å². The van der Waals surface area contributed by atoms with E-state index in [2.05, 4.69) is 30.6 Å². The molecule has 1 amide bonds. The number of halogens is 2. The van der Waals surface area contributed by atoms with Crippen molar-refractivity contribution in [3.05, 3.63) is 42.0 Å². The molecular weight excluding hydrogens is 468 g/mol. The number of carbonyl (C=O) groups is 1. The smallest absolute Gasteiger partial charge is 0.270 e. The molecule has 9 nitrogen and oxygen atoms in total. The van der Waals surface area contributed by atoms with E-state index < -0.39 is 30.4 Å². The third-order valence-corrected chi connectivity index (χ3v) is 6.30.